The Morgan fingerprint density at radius 1 is 1.42 bits per heavy atom. The zero-order chi connectivity index (χ0) is 14.3. The monoisotopic (exact) mass is 327 g/mol. The Hall–Kier alpha value is -1.07. The Morgan fingerprint density at radius 2 is 2.16 bits per heavy atom. The first-order chi connectivity index (χ1) is 9.08. The highest BCUT2D eigenvalue weighted by Crippen LogP contribution is 2.26. The molecule has 106 valence electrons. The Kier molecular flexibility index (Phi) is 6.87. The third kappa shape index (κ3) is 5.20. The number of rotatable bonds is 7. The van der Waals surface area contributed by atoms with Crippen molar-refractivity contribution in [1.82, 2.24) is 10.6 Å². The van der Waals surface area contributed by atoms with Crippen LogP contribution in [0, 0.1) is 0 Å². The molecule has 0 spiro atoms. The number of nitrogens with zero attached hydrogens (tertiary/aromatic N) is 1. The van der Waals surface area contributed by atoms with E-state index in [0.717, 1.165) is 29.7 Å². The van der Waals surface area contributed by atoms with E-state index in [1.807, 2.05) is 32.0 Å². The zero-order valence-electron chi connectivity index (χ0n) is 11.8. The van der Waals surface area contributed by atoms with E-state index in [1.54, 1.807) is 0 Å². The van der Waals surface area contributed by atoms with Crippen LogP contribution in [0.15, 0.2) is 22.7 Å². The standard InChI is InChI=1S/C14H22BrN3O/c1-4-7-17-14(19)10-18(3)13-6-5-11(9-16-2)8-12(13)15/h5-6,8,16H,4,7,9-10H2,1-3H3,(H,17,19). The van der Waals surface area contributed by atoms with Crippen LogP contribution in [0.4, 0.5) is 5.69 Å². The molecule has 0 aliphatic carbocycles. The molecule has 0 radical (unpaired) electrons. The minimum absolute atomic E-state index is 0.0514. The fourth-order valence-corrected chi connectivity index (χ4v) is 2.52. The van der Waals surface area contributed by atoms with E-state index >= 15 is 0 Å². The maximum atomic E-state index is 11.7. The van der Waals surface area contributed by atoms with E-state index in [1.165, 1.54) is 5.56 Å². The van der Waals surface area contributed by atoms with Crippen molar-refractivity contribution in [1.29, 1.82) is 0 Å². The largest absolute Gasteiger partial charge is 0.364 e. The van der Waals surface area contributed by atoms with Crippen LogP contribution < -0.4 is 15.5 Å². The van der Waals surface area contributed by atoms with Gasteiger partial charge in [0, 0.05) is 24.6 Å². The van der Waals surface area contributed by atoms with Crippen molar-refractivity contribution in [3.63, 3.8) is 0 Å². The summed E-state index contributed by atoms with van der Waals surface area (Å²) in [6.07, 6.45) is 0.956. The number of hydrogen-bond donors (Lipinski definition) is 2. The first-order valence-corrected chi connectivity index (χ1v) is 7.28. The van der Waals surface area contributed by atoms with E-state index in [-0.39, 0.29) is 5.91 Å². The molecule has 0 bridgehead atoms. The summed E-state index contributed by atoms with van der Waals surface area (Å²) in [7, 11) is 3.84. The van der Waals surface area contributed by atoms with E-state index in [9.17, 15) is 4.79 Å². The molecule has 5 heteroatoms. The maximum Gasteiger partial charge on any atom is 0.239 e. The number of halogens is 1. The van der Waals surface area contributed by atoms with Gasteiger partial charge in [0.1, 0.15) is 0 Å². The van der Waals surface area contributed by atoms with Crippen molar-refractivity contribution >= 4 is 27.5 Å². The molecule has 0 unspecified atom stereocenters. The minimum Gasteiger partial charge on any atom is -0.364 e. The molecule has 1 aromatic rings. The van der Waals surface area contributed by atoms with Crippen LogP contribution >= 0.6 is 15.9 Å². The Labute approximate surface area is 123 Å². The number of likely N-dealkylation sites (N-methyl/N-ethyl adjacent to an activating group) is 1. The van der Waals surface area contributed by atoms with Gasteiger partial charge >= 0.3 is 0 Å². The quantitative estimate of drug-likeness (QED) is 0.806. The van der Waals surface area contributed by atoms with Gasteiger partial charge in [0.05, 0.1) is 12.2 Å². The van der Waals surface area contributed by atoms with Crippen LogP contribution in [0.1, 0.15) is 18.9 Å². The van der Waals surface area contributed by atoms with Gasteiger partial charge in [-0.2, -0.15) is 0 Å². The van der Waals surface area contributed by atoms with Gasteiger partial charge in [-0.05, 0) is 47.1 Å². The highest BCUT2D eigenvalue weighted by molar-refractivity contribution is 9.10. The number of anilines is 1. The van der Waals surface area contributed by atoms with Gasteiger partial charge < -0.3 is 15.5 Å². The molecule has 0 heterocycles. The third-order valence-electron chi connectivity index (χ3n) is 2.76. The lowest BCUT2D eigenvalue weighted by Crippen LogP contribution is -2.35. The number of hydrogen-bond acceptors (Lipinski definition) is 3. The van der Waals surface area contributed by atoms with Gasteiger partial charge in [0.25, 0.3) is 0 Å². The molecule has 1 aromatic carbocycles. The van der Waals surface area contributed by atoms with Crippen molar-refractivity contribution in [2.24, 2.45) is 0 Å². The summed E-state index contributed by atoms with van der Waals surface area (Å²) >= 11 is 3.56. The van der Waals surface area contributed by atoms with Crippen molar-refractivity contribution in [2.75, 3.05) is 32.1 Å². The molecule has 4 nitrogen and oxygen atoms in total. The average Bonchev–Trinajstić information content (AvgIpc) is 2.36. The molecule has 0 fully saturated rings. The number of benzene rings is 1. The van der Waals surface area contributed by atoms with Gasteiger partial charge in [-0.25, -0.2) is 0 Å². The van der Waals surface area contributed by atoms with Crippen molar-refractivity contribution in [2.45, 2.75) is 19.9 Å². The first kappa shape index (κ1) is 16.0. The summed E-state index contributed by atoms with van der Waals surface area (Å²) < 4.78 is 1.01. The minimum atomic E-state index is 0.0514. The molecule has 0 atom stereocenters. The SMILES string of the molecule is CCCNC(=O)CN(C)c1ccc(CNC)cc1Br. The predicted molar refractivity (Wildman–Crippen MR) is 83.5 cm³/mol. The normalized spacial score (nSPS) is 10.3. The lowest BCUT2D eigenvalue weighted by Gasteiger charge is -2.20. The van der Waals surface area contributed by atoms with Gasteiger partial charge in [0.15, 0.2) is 0 Å². The second-order valence-corrected chi connectivity index (χ2v) is 5.38. The van der Waals surface area contributed by atoms with Gasteiger partial charge in [0.2, 0.25) is 5.91 Å². The molecule has 0 aromatic heterocycles. The fourth-order valence-electron chi connectivity index (χ4n) is 1.79. The number of nitrogens with one attached hydrogen (secondary N) is 2. The third-order valence-corrected chi connectivity index (χ3v) is 3.39. The molecule has 1 rings (SSSR count). The lowest BCUT2D eigenvalue weighted by atomic mass is 10.2. The fraction of sp³-hybridized carbons (Fsp3) is 0.500. The lowest BCUT2D eigenvalue weighted by molar-refractivity contribution is -0.119. The summed E-state index contributed by atoms with van der Waals surface area (Å²) in [5.74, 6) is 0.0514. The highest BCUT2D eigenvalue weighted by atomic mass is 79.9. The van der Waals surface area contributed by atoms with Crippen LogP contribution in [0.25, 0.3) is 0 Å². The van der Waals surface area contributed by atoms with Crippen LogP contribution in [-0.2, 0) is 11.3 Å². The summed E-state index contributed by atoms with van der Waals surface area (Å²) in [5, 5.41) is 5.99. The second kappa shape index (κ2) is 8.17. The maximum absolute atomic E-state index is 11.7. The summed E-state index contributed by atoms with van der Waals surface area (Å²) in [6, 6.07) is 6.17. The first-order valence-electron chi connectivity index (χ1n) is 6.49. The predicted octanol–water partition coefficient (Wildman–Crippen LogP) is 2.13. The topological polar surface area (TPSA) is 44.4 Å². The molecule has 0 saturated carbocycles. The van der Waals surface area contributed by atoms with Crippen LogP contribution in [0.3, 0.4) is 0 Å². The summed E-state index contributed by atoms with van der Waals surface area (Å²) in [5.41, 5.74) is 2.23. The highest BCUT2D eigenvalue weighted by Gasteiger charge is 2.10. The molecule has 0 aliphatic rings. The second-order valence-electron chi connectivity index (χ2n) is 4.52. The average molecular weight is 328 g/mol. The van der Waals surface area contributed by atoms with E-state index in [4.69, 9.17) is 0 Å². The summed E-state index contributed by atoms with van der Waals surface area (Å²) in [4.78, 5) is 13.6. The molecular formula is C14H22BrN3O. The van der Waals surface area contributed by atoms with Crippen LogP contribution in [0.2, 0.25) is 0 Å². The van der Waals surface area contributed by atoms with Crippen molar-refractivity contribution < 1.29 is 4.79 Å². The molecule has 0 saturated heterocycles. The number of amides is 1. The Morgan fingerprint density at radius 3 is 2.74 bits per heavy atom. The van der Waals surface area contributed by atoms with Crippen LogP contribution in [0.5, 0.6) is 0 Å². The Balaban J connectivity index is 2.66. The Bertz CT molecular complexity index is 423. The zero-order valence-corrected chi connectivity index (χ0v) is 13.4. The number of carbonyl (C=O) groups excluding carboxylic acids is 1. The van der Waals surface area contributed by atoms with Gasteiger partial charge in [-0.3, -0.25) is 4.79 Å². The van der Waals surface area contributed by atoms with E-state index in [0.29, 0.717) is 6.54 Å². The molecule has 19 heavy (non-hydrogen) atoms. The molecular weight excluding hydrogens is 306 g/mol. The molecule has 0 aliphatic heterocycles. The van der Waals surface area contributed by atoms with E-state index in [2.05, 4.69) is 38.7 Å². The molecule has 2 N–H and O–H groups in total. The van der Waals surface area contributed by atoms with Crippen molar-refractivity contribution in [3.05, 3.63) is 28.2 Å². The smallest absolute Gasteiger partial charge is 0.239 e. The number of carbonyl (C=O) groups is 1. The van der Waals surface area contributed by atoms with E-state index < -0.39 is 0 Å². The summed E-state index contributed by atoms with van der Waals surface area (Å²) in [6.45, 7) is 3.97. The van der Waals surface area contributed by atoms with Gasteiger partial charge in [-0.15, -0.1) is 0 Å². The van der Waals surface area contributed by atoms with Gasteiger partial charge in [-0.1, -0.05) is 13.0 Å². The van der Waals surface area contributed by atoms with Crippen molar-refractivity contribution in [3.8, 4) is 0 Å². The molecule has 1 amide bonds. The van der Waals surface area contributed by atoms with Crippen LogP contribution in [-0.4, -0.2) is 33.1 Å².